The Balaban J connectivity index is 2.69. The molecule has 0 bridgehead atoms. The number of benzene rings is 1. The molecule has 1 aromatic carbocycles. The van der Waals surface area contributed by atoms with Gasteiger partial charge in [-0.25, -0.2) is 4.79 Å². The van der Waals surface area contributed by atoms with Crippen LogP contribution in [-0.2, 0) is 0 Å². The van der Waals surface area contributed by atoms with Crippen LogP contribution in [0.5, 0.6) is 0 Å². The molecule has 0 fully saturated rings. The summed E-state index contributed by atoms with van der Waals surface area (Å²) in [4.78, 5) is 14.2. The Morgan fingerprint density at radius 3 is 2.75 bits per heavy atom. The third-order valence-electron chi connectivity index (χ3n) is 1.98. The first-order valence-corrected chi connectivity index (χ1v) is 5.91. The predicted molar refractivity (Wildman–Crippen MR) is 66.9 cm³/mol. The highest BCUT2D eigenvalue weighted by atomic mass is 35.5. The molecule has 0 spiro atoms. The topological polar surface area (TPSA) is 53.1 Å². The summed E-state index contributed by atoms with van der Waals surface area (Å²) in [5, 5.41) is 9.53. The molecule has 1 heterocycles. The maximum absolute atomic E-state index is 11.0. The van der Waals surface area contributed by atoms with Crippen molar-refractivity contribution in [1.82, 2.24) is 4.98 Å². The fourth-order valence-corrected chi connectivity index (χ4v) is 2.82. The van der Waals surface area contributed by atoms with E-state index >= 15 is 0 Å². The average molecular weight is 272 g/mol. The number of hydrogen-bond acceptors (Lipinski definition) is 3. The number of carboxylic acid groups (broad SMARTS) is 1. The lowest BCUT2D eigenvalue weighted by Crippen LogP contribution is -1.98. The standard InChI is InChI=1S/C10H6ClNO2S2/c11-6-4-2-1-3-5(6)8-7(9(13)14)12-10(15)16-8/h1-4H,(H,12,15)(H,13,14). The third kappa shape index (κ3) is 2.02. The summed E-state index contributed by atoms with van der Waals surface area (Å²) in [6.07, 6.45) is 0. The summed E-state index contributed by atoms with van der Waals surface area (Å²) in [7, 11) is 0. The highest BCUT2D eigenvalue weighted by Gasteiger charge is 2.16. The smallest absolute Gasteiger partial charge is 0.353 e. The SMILES string of the molecule is O=C(O)c1[nH]c(=S)sc1-c1ccccc1Cl. The van der Waals surface area contributed by atoms with Crippen LogP contribution in [0, 0.1) is 3.95 Å². The Morgan fingerprint density at radius 2 is 2.12 bits per heavy atom. The number of carbonyl (C=O) groups is 1. The molecule has 0 unspecified atom stereocenters. The lowest BCUT2D eigenvalue weighted by atomic mass is 10.1. The minimum atomic E-state index is -1.04. The number of carboxylic acids is 1. The van der Waals surface area contributed by atoms with E-state index in [1.807, 2.05) is 0 Å². The van der Waals surface area contributed by atoms with Crippen LogP contribution in [0.25, 0.3) is 10.4 Å². The second-order valence-corrected chi connectivity index (χ2v) is 5.10. The molecule has 16 heavy (non-hydrogen) atoms. The number of hydrogen-bond donors (Lipinski definition) is 2. The van der Waals surface area contributed by atoms with Crippen LogP contribution in [0.15, 0.2) is 24.3 Å². The van der Waals surface area contributed by atoms with Gasteiger partial charge in [-0.2, -0.15) is 0 Å². The fraction of sp³-hybridized carbons (Fsp3) is 0. The number of aromatic carboxylic acids is 1. The highest BCUT2D eigenvalue weighted by Crippen LogP contribution is 2.33. The van der Waals surface area contributed by atoms with E-state index in [-0.39, 0.29) is 5.69 Å². The molecule has 0 atom stereocenters. The van der Waals surface area contributed by atoms with Crippen molar-refractivity contribution >= 4 is 41.1 Å². The van der Waals surface area contributed by atoms with Crippen molar-refractivity contribution in [2.45, 2.75) is 0 Å². The molecule has 82 valence electrons. The Kier molecular flexibility index (Phi) is 3.09. The molecule has 2 N–H and O–H groups in total. The highest BCUT2D eigenvalue weighted by molar-refractivity contribution is 7.73. The van der Waals surface area contributed by atoms with Gasteiger partial charge in [-0.05, 0) is 18.3 Å². The maximum Gasteiger partial charge on any atom is 0.353 e. The maximum atomic E-state index is 11.0. The van der Waals surface area contributed by atoms with Crippen LogP contribution in [-0.4, -0.2) is 16.1 Å². The van der Waals surface area contributed by atoms with Crippen molar-refractivity contribution in [3.05, 3.63) is 38.9 Å². The van der Waals surface area contributed by atoms with Crippen molar-refractivity contribution in [1.29, 1.82) is 0 Å². The van der Waals surface area contributed by atoms with Crippen LogP contribution in [0.2, 0.25) is 5.02 Å². The second kappa shape index (κ2) is 4.37. The largest absolute Gasteiger partial charge is 0.477 e. The van der Waals surface area contributed by atoms with Crippen molar-refractivity contribution in [2.75, 3.05) is 0 Å². The molecule has 0 aliphatic heterocycles. The van der Waals surface area contributed by atoms with Gasteiger partial charge in [0.2, 0.25) is 0 Å². The third-order valence-corrected chi connectivity index (χ3v) is 3.58. The number of aromatic amines is 1. The van der Waals surface area contributed by atoms with Crippen molar-refractivity contribution in [3.8, 4) is 10.4 Å². The van der Waals surface area contributed by atoms with E-state index < -0.39 is 5.97 Å². The second-order valence-electron chi connectivity index (χ2n) is 3.00. The van der Waals surface area contributed by atoms with E-state index in [9.17, 15) is 4.79 Å². The number of H-pyrrole nitrogens is 1. The Hall–Kier alpha value is -1.17. The zero-order valence-corrected chi connectivity index (χ0v) is 10.2. The molecule has 2 aromatic rings. The molecular weight excluding hydrogens is 266 g/mol. The van der Waals surface area contributed by atoms with Crippen LogP contribution in [0.3, 0.4) is 0 Å². The molecule has 0 aliphatic rings. The zero-order chi connectivity index (χ0) is 11.7. The van der Waals surface area contributed by atoms with Gasteiger partial charge in [0, 0.05) is 10.6 Å². The lowest BCUT2D eigenvalue weighted by Gasteiger charge is -2.01. The van der Waals surface area contributed by atoms with Crippen LogP contribution in [0.1, 0.15) is 10.5 Å². The number of halogens is 1. The molecule has 0 saturated carbocycles. The summed E-state index contributed by atoms with van der Waals surface area (Å²) < 4.78 is 0.423. The fourth-order valence-electron chi connectivity index (χ4n) is 1.31. The van der Waals surface area contributed by atoms with E-state index in [0.29, 0.717) is 19.4 Å². The van der Waals surface area contributed by atoms with Gasteiger partial charge in [0.1, 0.15) is 5.69 Å². The Labute approximate surface area is 105 Å². The molecule has 0 aliphatic carbocycles. The van der Waals surface area contributed by atoms with E-state index in [2.05, 4.69) is 4.98 Å². The van der Waals surface area contributed by atoms with Crippen molar-refractivity contribution in [3.63, 3.8) is 0 Å². The molecule has 1 aromatic heterocycles. The normalized spacial score (nSPS) is 10.3. The molecule has 3 nitrogen and oxygen atoms in total. The molecule has 2 rings (SSSR count). The summed E-state index contributed by atoms with van der Waals surface area (Å²) in [6.45, 7) is 0. The molecule has 0 amide bonds. The minimum absolute atomic E-state index is 0.0862. The number of nitrogens with one attached hydrogen (secondary N) is 1. The summed E-state index contributed by atoms with van der Waals surface area (Å²) >= 11 is 12.2. The van der Waals surface area contributed by atoms with E-state index in [1.165, 1.54) is 11.3 Å². The monoisotopic (exact) mass is 271 g/mol. The first kappa shape index (κ1) is 11.3. The predicted octanol–water partition coefficient (Wildman–Crippen LogP) is 3.82. The van der Waals surface area contributed by atoms with Crippen LogP contribution in [0.4, 0.5) is 0 Å². The first-order chi connectivity index (χ1) is 7.59. The van der Waals surface area contributed by atoms with E-state index in [1.54, 1.807) is 24.3 Å². The van der Waals surface area contributed by atoms with Crippen molar-refractivity contribution < 1.29 is 9.90 Å². The molecule has 0 saturated heterocycles. The van der Waals surface area contributed by atoms with Crippen molar-refractivity contribution in [2.24, 2.45) is 0 Å². The van der Waals surface area contributed by atoms with Gasteiger partial charge in [0.05, 0.1) is 4.88 Å². The summed E-state index contributed by atoms with van der Waals surface area (Å²) in [5.41, 5.74) is 0.766. The van der Waals surface area contributed by atoms with Gasteiger partial charge in [0.15, 0.2) is 3.95 Å². The first-order valence-electron chi connectivity index (χ1n) is 4.31. The van der Waals surface area contributed by atoms with E-state index in [4.69, 9.17) is 28.9 Å². The quantitative estimate of drug-likeness (QED) is 0.817. The van der Waals surface area contributed by atoms with Gasteiger partial charge in [-0.1, -0.05) is 29.8 Å². The minimum Gasteiger partial charge on any atom is -0.477 e. The molecular formula is C10H6ClNO2S2. The van der Waals surface area contributed by atoms with E-state index in [0.717, 1.165) is 0 Å². The van der Waals surface area contributed by atoms with Gasteiger partial charge >= 0.3 is 5.97 Å². The van der Waals surface area contributed by atoms with Crippen LogP contribution < -0.4 is 0 Å². The Morgan fingerprint density at radius 1 is 1.44 bits per heavy atom. The summed E-state index contributed by atoms with van der Waals surface area (Å²) in [6, 6.07) is 7.07. The van der Waals surface area contributed by atoms with Gasteiger partial charge in [-0.3, -0.25) is 0 Å². The average Bonchev–Trinajstić information content (AvgIpc) is 2.61. The zero-order valence-electron chi connectivity index (χ0n) is 7.86. The number of thiazole rings is 1. The number of aromatic nitrogens is 1. The van der Waals surface area contributed by atoms with Crippen LogP contribution >= 0.6 is 35.2 Å². The van der Waals surface area contributed by atoms with Gasteiger partial charge < -0.3 is 10.1 Å². The Bertz CT molecular complexity index is 603. The summed E-state index contributed by atoms with van der Waals surface area (Å²) in [5.74, 6) is -1.04. The molecule has 0 radical (unpaired) electrons. The number of rotatable bonds is 2. The molecule has 6 heteroatoms. The van der Waals surface area contributed by atoms with Gasteiger partial charge in [0.25, 0.3) is 0 Å². The van der Waals surface area contributed by atoms with Gasteiger partial charge in [-0.15, -0.1) is 11.3 Å². The lowest BCUT2D eigenvalue weighted by molar-refractivity contribution is 0.0692.